The van der Waals surface area contributed by atoms with Crippen LogP contribution in [0, 0.1) is 6.92 Å². The lowest BCUT2D eigenvalue weighted by molar-refractivity contribution is -0.137. The van der Waals surface area contributed by atoms with E-state index in [9.17, 15) is 9.59 Å². The Morgan fingerprint density at radius 3 is 2.83 bits per heavy atom. The summed E-state index contributed by atoms with van der Waals surface area (Å²) in [7, 11) is 1.45. The molecule has 0 radical (unpaired) electrons. The van der Waals surface area contributed by atoms with Gasteiger partial charge in [-0.2, -0.15) is 5.10 Å². The van der Waals surface area contributed by atoms with Gasteiger partial charge in [0.05, 0.1) is 6.20 Å². The van der Waals surface area contributed by atoms with E-state index in [1.165, 1.54) is 7.05 Å². The molecule has 0 aliphatic rings. The highest BCUT2D eigenvalue weighted by Gasteiger charge is 2.10. The van der Waals surface area contributed by atoms with Gasteiger partial charge in [0.2, 0.25) is 0 Å². The molecule has 7 heteroatoms. The predicted octanol–water partition coefficient (Wildman–Crippen LogP) is 0.377. The van der Waals surface area contributed by atoms with Crippen molar-refractivity contribution in [2.45, 2.75) is 19.8 Å². The van der Waals surface area contributed by atoms with E-state index in [-0.39, 0.29) is 12.6 Å². The number of carbonyl (C=O) groups excluding carboxylic acids is 1. The smallest absolute Gasteiger partial charge is 0.323 e. The van der Waals surface area contributed by atoms with Gasteiger partial charge in [-0.15, -0.1) is 0 Å². The lowest BCUT2D eigenvalue weighted by atomic mass is 10.1. The highest BCUT2D eigenvalue weighted by atomic mass is 16.4. The number of aryl methyl sites for hydroxylation is 2. The molecule has 1 heterocycles. The lowest BCUT2D eigenvalue weighted by Crippen LogP contribution is -2.40. The zero-order valence-electron chi connectivity index (χ0n) is 10.6. The molecular weight excluding hydrogens is 236 g/mol. The number of carboxylic acid groups (broad SMARTS) is 1. The molecule has 0 saturated heterocycles. The molecule has 1 aromatic heterocycles. The lowest BCUT2D eigenvalue weighted by Gasteiger charge is -2.15. The first-order valence-corrected chi connectivity index (χ1v) is 5.70. The fourth-order valence-electron chi connectivity index (χ4n) is 1.51. The third-order valence-electron chi connectivity index (χ3n) is 2.55. The fraction of sp³-hybridized carbons (Fsp3) is 0.545. The number of H-pyrrole nitrogens is 1. The summed E-state index contributed by atoms with van der Waals surface area (Å²) >= 11 is 0. The topological polar surface area (TPSA) is 98.3 Å². The first-order valence-electron chi connectivity index (χ1n) is 5.70. The minimum Gasteiger partial charge on any atom is -0.480 e. The van der Waals surface area contributed by atoms with Crippen molar-refractivity contribution in [1.29, 1.82) is 0 Å². The molecule has 100 valence electrons. The first kappa shape index (κ1) is 14.0. The number of amides is 2. The number of nitrogens with one attached hydrogen (secondary N) is 2. The maximum Gasteiger partial charge on any atom is 0.323 e. The van der Waals surface area contributed by atoms with Crippen LogP contribution >= 0.6 is 0 Å². The van der Waals surface area contributed by atoms with E-state index in [1.807, 2.05) is 6.92 Å². The summed E-state index contributed by atoms with van der Waals surface area (Å²) in [6.45, 7) is 2.15. The SMILES string of the molecule is Cc1[nH]ncc1CCCNC(=O)N(C)CC(=O)O. The summed E-state index contributed by atoms with van der Waals surface area (Å²) in [4.78, 5) is 23.0. The second kappa shape index (κ2) is 6.63. The second-order valence-corrected chi connectivity index (χ2v) is 4.11. The summed E-state index contributed by atoms with van der Waals surface area (Å²) < 4.78 is 0. The standard InChI is InChI=1S/C11H18N4O3/c1-8-9(6-13-14-8)4-3-5-12-11(18)15(2)7-10(16)17/h6H,3-5,7H2,1-2H3,(H,12,18)(H,13,14)(H,16,17). The number of hydrogen-bond donors (Lipinski definition) is 3. The Hall–Kier alpha value is -2.05. The van der Waals surface area contributed by atoms with E-state index in [0.717, 1.165) is 29.0 Å². The van der Waals surface area contributed by atoms with E-state index in [2.05, 4.69) is 15.5 Å². The van der Waals surface area contributed by atoms with Gasteiger partial charge in [0.1, 0.15) is 6.54 Å². The van der Waals surface area contributed by atoms with Crippen LogP contribution in [0.15, 0.2) is 6.20 Å². The van der Waals surface area contributed by atoms with Gasteiger partial charge in [-0.25, -0.2) is 4.79 Å². The van der Waals surface area contributed by atoms with Crippen molar-refractivity contribution >= 4 is 12.0 Å². The zero-order chi connectivity index (χ0) is 13.5. The van der Waals surface area contributed by atoms with Gasteiger partial charge in [-0.1, -0.05) is 0 Å². The summed E-state index contributed by atoms with van der Waals surface area (Å²) in [5, 5.41) is 17.9. The van der Waals surface area contributed by atoms with Gasteiger partial charge in [0.25, 0.3) is 0 Å². The quantitative estimate of drug-likeness (QED) is 0.639. The molecule has 0 aromatic carbocycles. The van der Waals surface area contributed by atoms with E-state index < -0.39 is 5.97 Å². The van der Waals surface area contributed by atoms with Crippen molar-refractivity contribution in [2.24, 2.45) is 0 Å². The van der Waals surface area contributed by atoms with E-state index in [4.69, 9.17) is 5.11 Å². The molecule has 0 bridgehead atoms. The molecule has 2 amide bonds. The van der Waals surface area contributed by atoms with E-state index in [0.29, 0.717) is 6.54 Å². The molecule has 0 spiro atoms. The highest BCUT2D eigenvalue weighted by Crippen LogP contribution is 2.04. The maximum atomic E-state index is 11.4. The predicted molar refractivity (Wildman–Crippen MR) is 65.3 cm³/mol. The molecule has 7 nitrogen and oxygen atoms in total. The van der Waals surface area contributed by atoms with Crippen molar-refractivity contribution in [3.8, 4) is 0 Å². The Bertz CT molecular complexity index is 416. The van der Waals surface area contributed by atoms with Crippen LogP contribution in [-0.4, -0.2) is 52.3 Å². The molecule has 0 aliphatic heterocycles. The number of likely N-dealkylation sites (N-methyl/N-ethyl adjacent to an activating group) is 1. The molecule has 18 heavy (non-hydrogen) atoms. The monoisotopic (exact) mass is 254 g/mol. The van der Waals surface area contributed by atoms with Crippen LogP contribution in [0.25, 0.3) is 0 Å². The van der Waals surface area contributed by atoms with Crippen molar-refractivity contribution in [3.05, 3.63) is 17.5 Å². The normalized spacial score (nSPS) is 10.1. The van der Waals surface area contributed by atoms with Crippen LogP contribution in [0.1, 0.15) is 17.7 Å². The number of carboxylic acids is 1. The molecule has 0 fully saturated rings. The second-order valence-electron chi connectivity index (χ2n) is 4.11. The van der Waals surface area contributed by atoms with Gasteiger partial charge in [0.15, 0.2) is 0 Å². The summed E-state index contributed by atoms with van der Waals surface area (Å²) in [6, 6.07) is -0.374. The summed E-state index contributed by atoms with van der Waals surface area (Å²) in [5.74, 6) is -1.03. The highest BCUT2D eigenvalue weighted by molar-refractivity contribution is 5.79. The van der Waals surface area contributed by atoms with Crippen LogP contribution in [0.3, 0.4) is 0 Å². The summed E-state index contributed by atoms with van der Waals surface area (Å²) in [6.07, 6.45) is 3.38. The Balaban J connectivity index is 2.20. The van der Waals surface area contributed by atoms with Crippen molar-refractivity contribution in [2.75, 3.05) is 20.1 Å². The van der Waals surface area contributed by atoms with Gasteiger partial charge < -0.3 is 15.3 Å². The number of aromatic amines is 1. The van der Waals surface area contributed by atoms with Gasteiger partial charge in [-0.05, 0) is 25.3 Å². The van der Waals surface area contributed by atoms with Gasteiger partial charge in [0, 0.05) is 19.3 Å². The number of carbonyl (C=O) groups is 2. The molecule has 0 aliphatic carbocycles. The minimum atomic E-state index is -1.03. The van der Waals surface area contributed by atoms with Crippen LogP contribution in [0.4, 0.5) is 4.79 Å². The molecule has 3 N–H and O–H groups in total. The zero-order valence-corrected chi connectivity index (χ0v) is 10.6. The average Bonchev–Trinajstić information content (AvgIpc) is 2.69. The third kappa shape index (κ3) is 4.44. The van der Waals surface area contributed by atoms with E-state index in [1.54, 1.807) is 6.20 Å². The van der Waals surface area contributed by atoms with Crippen LogP contribution in [0.2, 0.25) is 0 Å². The Morgan fingerprint density at radius 1 is 1.56 bits per heavy atom. The first-order chi connectivity index (χ1) is 8.50. The molecule has 0 saturated carbocycles. The number of rotatable bonds is 6. The summed E-state index contributed by atoms with van der Waals surface area (Å²) in [5.41, 5.74) is 2.16. The number of aromatic nitrogens is 2. The number of aliphatic carboxylic acids is 1. The van der Waals surface area contributed by atoms with Crippen LogP contribution in [0.5, 0.6) is 0 Å². The van der Waals surface area contributed by atoms with Crippen molar-refractivity contribution in [3.63, 3.8) is 0 Å². The molecule has 1 rings (SSSR count). The molecular formula is C11H18N4O3. The number of urea groups is 1. The Morgan fingerprint density at radius 2 is 2.28 bits per heavy atom. The van der Waals surface area contributed by atoms with Crippen LogP contribution in [-0.2, 0) is 11.2 Å². The third-order valence-corrected chi connectivity index (χ3v) is 2.55. The Kier molecular flexibility index (Phi) is 5.16. The van der Waals surface area contributed by atoms with Gasteiger partial charge >= 0.3 is 12.0 Å². The van der Waals surface area contributed by atoms with Gasteiger partial charge in [-0.3, -0.25) is 9.89 Å². The molecule has 1 aromatic rings. The number of nitrogens with zero attached hydrogens (tertiary/aromatic N) is 2. The van der Waals surface area contributed by atoms with Crippen molar-refractivity contribution < 1.29 is 14.7 Å². The number of hydrogen-bond acceptors (Lipinski definition) is 3. The van der Waals surface area contributed by atoms with E-state index >= 15 is 0 Å². The van der Waals surface area contributed by atoms with Crippen molar-refractivity contribution in [1.82, 2.24) is 20.4 Å². The fourth-order valence-corrected chi connectivity index (χ4v) is 1.51. The minimum absolute atomic E-state index is 0.299. The Labute approximate surface area is 105 Å². The average molecular weight is 254 g/mol. The molecule has 0 atom stereocenters. The van der Waals surface area contributed by atoms with Crippen LogP contribution < -0.4 is 5.32 Å². The molecule has 0 unspecified atom stereocenters. The maximum absolute atomic E-state index is 11.4. The largest absolute Gasteiger partial charge is 0.480 e.